The molecule has 0 atom stereocenters. The van der Waals surface area contributed by atoms with E-state index < -0.39 is 32.0 Å². The number of ether oxygens (including phenoxy) is 2. The minimum atomic E-state index is -4.84. The number of aromatic nitrogens is 2. The van der Waals surface area contributed by atoms with E-state index >= 15 is 0 Å². The molecule has 190 valence electrons. The number of allylic oxidation sites excluding steroid dienone is 1. The summed E-state index contributed by atoms with van der Waals surface area (Å²) in [5.74, 6) is -0.525. The van der Waals surface area contributed by atoms with Crippen molar-refractivity contribution in [2.45, 2.75) is 15.3 Å². The maximum absolute atomic E-state index is 13.8. The Bertz CT molecular complexity index is 1650. The quantitative estimate of drug-likeness (QED) is 0.249. The number of rotatable bonds is 7. The van der Waals surface area contributed by atoms with Crippen molar-refractivity contribution >= 4 is 88.7 Å². The number of sulfonamides is 2. The molecule has 4 rings (SSSR count). The molecule has 0 aliphatic heterocycles. The molecule has 1 aromatic carbocycles. The zero-order valence-electron chi connectivity index (χ0n) is 18.3. The van der Waals surface area contributed by atoms with Gasteiger partial charge < -0.3 is 9.47 Å². The van der Waals surface area contributed by atoms with Crippen LogP contribution in [0.3, 0.4) is 0 Å². The number of carbonyl (C=O) groups excluding carboxylic acids is 1. The van der Waals surface area contributed by atoms with Crippen LogP contribution in [-0.4, -0.2) is 39.8 Å². The number of thiophene rings is 2. The molecule has 36 heavy (non-hydrogen) atoms. The second-order valence-corrected chi connectivity index (χ2v) is 14.7. The van der Waals surface area contributed by atoms with Crippen LogP contribution >= 0.6 is 45.9 Å². The zero-order valence-corrected chi connectivity index (χ0v) is 23.1. The van der Waals surface area contributed by atoms with Gasteiger partial charge in [0.15, 0.2) is 5.82 Å². The van der Waals surface area contributed by atoms with Crippen LogP contribution in [-0.2, 0) is 24.8 Å². The van der Waals surface area contributed by atoms with Gasteiger partial charge in [0.05, 0.1) is 32.4 Å². The van der Waals surface area contributed by atoms with Gasteiger partial charge in [-0.1, -0.05) is 35.8 Å². The summed E-state index contributed by atoms with van der Waals surface area (Å²) in [4.78, 5) is 12.8. The highest BCUT2D eigenvalue weighted by molar-refractivity contribution is 8.11. The summed E-state index contributed by atoms with van der Waals surface area (Å²) in [5.41, 5.74) is 0.0272. The minimum Gasteiger partial charge on any atom is -0.496 e. The molecule has 0 saturated heterocycles. The van der Waals surface area contributed by atoms with Crippen LogP contribution in [0.1, 0.15) is 6.92 Å². The number of nitrogens with zero attached hydrogens (tertiary/aromatic N) is 3. The summed E-state index contributed by atoms with van der Waals surface area (Å²) in [6, 6.07) is 9.36. The van der Waals surface area contributed by atoms with Gasteiger partial charge >= 0.3 is 6.09 Å². The molecule has 0 spiro atoms. The second-order valence-electron chi connectivity index (χ2n) is 6.98. The fourth-order valence-corrected chi connectivity index (χ4v) is 10.1. The van der Waals surface area contributed by atoms with Gasteiger partial charge in [-0.2, -0.15) is 21.5 Å². The van der Waals surface area contributed by atoms with Gasteiger partial charge in [-0.15, -0.1) is 31.5 Å². The van der Waals surface area contributed by atoms with Crippen molar-refractivity contribution in [2.24, 2.45) is 0 Å². The van der Waals surface area contributed by atoms with E-state index in [9.17, 15) is 21.6 Å². The Morgan fingerprint density at radius 3 is 2.00 bits per heavy atom. The summed E-state index contributed by atoms with van der Waals surface area (Å²) in [6.45, 7) is 4.93. The molecule has 0 aliphatic rings. The SMILES string of the molecule is C=C(C)OC(=O)n1nc(N(S(=O)(=O)c2ccc(Cl)s2)S(=O)(=O)c2ccc(Cl)s2)c2c(OC)cccc21. The number of methoxy groups -OCH3 is 1. The molecule has 0 N–H and O–H groups in total. The summed E-state index contributed by atoms with van der Waals surface area (Å²) in [5, 5.41) is 4.01. The Morgan fingerprint density at radius 2 is 1.56 bits per heavy atom. The van der Waals surface area contributed by atoms with Gasteiger partial charge in [0, 0.05) is 0 Å². The third-order valence-corrected chi connectivity index (χ3v) is 12.0. The number of hydrogen-bond donors (Lipinski definition) is 0. The number of hydrogen-bond acceptors (Lipinski definition) is 10. The van der Waals surface area contributed by atoms with Crippen molar-refractivity contribution in [3.8, 4) is 5.75 Å². The fourth-order valence-electron chi connectivity index (χ4n) is 3.14. The van der Waals surface area contributed by atoms with E-state index in [4.69, 9.17) is 32.7 Å². The molecule has 0 fully saturated rings. The van der Waals surface area contributed by atoms with Crippen molar-refractivity contribution in [1.82, 2.24) is 9.78 Å². The molecule has 4 aromatic rings. The normalized spacial score (nSPS) is 12.0. The number of anilines is 1. The molecule has 16 heteroatoms. The first-order valence-electron chi connectivity index (χ1n) is 9.62. The first-order chi connectivity index (χ1) is 16.9. The Balaban J connectivity index is 2.11. The third kappa shape index (κ3) is 4.60. The molecule has 3 aromatic heterocycles. The van der Waals surface area contributed by atoms with Crippen LogP contribution in [0, 0.1) is 0 Å². The molecular weight excluding hydrogens is 593 g/mol. The summed E-state index contributed by atoms with van der Waals surface area (Å²) < 4.78 is 66.0. The summed E-state index contributed by atoms with van der Waals surface area (Å²) in [6.07, 6.45) is -1.04. The zero-order chi connectivity index (χ0) is 26.4. The molecule has 0 bridgehead atoms. The Morgan fingerprint density at radius 1 is 1.00 bits per heavy atom. The van der Waals surface area contributed by atoms with Crippen molar-refractivity contribution in [1.29, 1.82) is 0 Å². The lowest BCUT2D eigenvalue weighted by Gasteiger charge is -2.21. The van der Waals surface area contributed by atoms with Gasteiger partial charge in [0.2, 0.25) is 0 Å². The summed E-state index contributed by atoms with van der Waals surface area (Å²) in [7, 11) is -8.38. The van der Waals surface area contributed by atoms with Crippen LogP contribution in [0.25, 0.3) is 10.9 Å². The van der Waals surface area contributed by atoms with Crippen molar-refractivity contribution < 1.29 is 31.1 Å². The number of fused-ring (bicyclic) bond motifs is 1. The molecule has 0 unspecified atom stereocenters. The number of benzene rings is 1. The van der Waals surface area contributed by atoms with Crippen molar-refractivity contribution in [3.63, 3.8) is 0 Å². The Labute approximate surface area is 224 Å². The highest BCUT2D eigenvalue weighted by Gasteiger charge is 2.42. The first-order valence-corrected chi connectivity index (χ1v) is 14.9. The highest BCUT2D eigenvalue weighted by Crippen LogP contribution is 2.42. The van der Waals surface area contributed by atoms with Crippen LogP contribution in [0.2, 0.25) is 8.67 Å². The monoisotopic (exact) mass is 607 g/mol. The molecular formula is C20H15Cl2N3O7S4. The number of halogens is 2. The fraction of sp³-hybridized carbons (Fsp3) is 0.100. The topological polar surface area (TPSA) is 125 Å². The first kappa shape index (κ1) is 26.4. The lowest BCUT2D eigenvalue weighted by atomic mass is 10.2. The molecule has 0 amide bonds. The maximum Gasteiger partial charge on any atom is 0.440 e. The van der Waals surface area contributed by atoms with E-state index in [-0.39, 0.29) is 43.2 Å². The van der Waals surface area contributed by atoms with Crippen molar-refractivity contribution in [2.75, 3.05) is 10.8 Å². The second kappa shape index (κ2) is 9.68. The lowest BCUT2D eigenvalue weighted by Crippen LogP contribution is -2.37. The molecule has 3 heterocycles. The van der Waals surface area contributed by atoms with Gasteiger partial charge in [-0.25, -0.2) is 4.79 Å². The predicted octanol–water partition coefficient (Wildman–Crippen LogP) is 5.58. The third-order valence-electron chi connectivity index (χ3n) is 4.52. The average Bonchev–Trinajstić information content (AvgIpc) is 3.52. The van der Waals surface area contributed by atoms with Crippen LogP contribution < -0.4 is 8.45 Å². The number of carbonyl (C=O) groups is 1. The minimum absolute atomic E-state index is 0.0272. The van der Waals surface area contributed by atoms with E-state index in [1.54, 1.807) is 0 Å². The Kier molecular flexibility index (Phi) is 7.11. The molecule has 10 nitrogen and oxygen atoms in total. The standard InChI is InChI=1S/C20H15Cl2N3O7S4/c1-11(2)32-20(26)24-12-5-4-6-13(31-3)18(12)19(23-24)25(35(27,28)16-9-7-14(21)33-16)36(29,30)17-10-8-15(22)34-17/h4-10H,1H2,2-3H3. The van der Waals surface area contributed by atoms with Gasteiger partial charge in [0.25, 0.3) is 20.0 Å². The smallest absolute Gasteiger partial charge is 0.440 e. The van der Waals surface area contributed by atoms with Crippen LogP contribution in [0.5, 0.6) is 5.75 Å². The molecule has 0 saturated carbocycles. The van der Waals surface area contributed by atoms with Gasteiger partial charge in [0.1, 0.15) is 14.2 Å². The van der Waals surface area contributed by atoms with Gasteiger partial charge in [-0.3, -0.25) is 0 Å². The van der Waals surface area contributed by atoms with E-state index in [1.807, 2.05) is 0 Å². The molecule has 0 aliphatic carbocycles. The van der Waals surface area contributed by atoms with Crippen LogP contribution in [0.15, 0.2) is 63.2 Å². The maximum atomic E-state index is 13.8. The largest absolute Gasteiger partial charge is 0.496 e. The van der Waals surface area contributed by atoms with Gasteiger partial charge in [-0.05, 0) is 43.3 Å². The van der Waals surface area contributed by atoms with E-state index in [1.165, 1.54) is 44.4 Å². The molecule has 0 radical (unpaired) electrons. The van der Waals surface area contributed by atoms with E-state index in [0.717, 1.165) is 16.8 Å². The summed E-state index contributed by atoms with van der Waals surface area (Å²) >= 11 is 13.2. The predicted molar refractivity (Wildman–Crippen MR) is 138 cm³/mol. The lowest BCUT2D eigenvalue weighted by molar-refractivity contribution is 0.176. The Hall–Kier alpha value is -2.62. The van der Waals surface area contributed by atoms with Crippen molar-refractivity contribution in [3.05, 3.63) is 63.5 Å². The average molecular weight is 609 g/mol. The van der Waals surface area contributed by atoms with E-state index in [2.05, 4.69) is 11.7 Å². The highest BCUT2D eigenvalue weighted by atomic mass is 35.5. The van der Waals surface area contributed by atoms with E-state index in [0.29, 0.717) is 22.7 Å². The van der Waals surface area contributed by atoms with Crippen LogP contribution in [0.4, 0.5) is 10.6 Å².